The Bertz CT molecular complexity index is 1260. The summed E-state index contributed by atoms with van der Waals surface area (Å²) in [6.07, 6.45) is 1.09. The number of H-pyrrole nitrogens is 1. The second-order valence-electron chi connectivity index (χ2n) is 7.59. The molecule has 0 aliphatic carbocycles. The maximum Gasteiger partial charge on any atom is 0.295 e. The van der Waals surface area contributed by atoms with E-state index in [0.717, 1.165) is 0 Å². The van der Waals surface area contributed by atoms with Crippen LogP contribution in [0.5, 0.6) is 0 Å². The van der Waals surface area contributed by atoms with Crippen molar-refractivity contribution in [1.82, 2.24) is 24.6 Å². The summed E-state index contributed by atoms with van der Waals surface area (Å²) in [5.41, 5.74) is 6.54. The van der Waals surface area contributed by atoms with E-state index in [1.807, 2.05) is 0 Å². The minimum Gasteiger partial charge on any atom is -0.369 e. The fourth-order valence-electron chi connectivity index (χ4n) is 2.88. The van der Waals surface area contributed by atoms with Gasteiger partial charge in [-0.3, -0.25) is 19.1 Å². The Labute approximate surface area is 189 Å². The standard InChI is InChI=1S/C20H26FN6O5P/c1-12-4-5-15(8-16(12)21)9-32-33(30,26-13(2)14(3)28)11-31-7-6-27-10-23-17-18(27)24-20(22)25-19(17)29/h4-5,8,10,13H,6-7,9,11H2,1-3H3,(H,26,30)(H3,22,24,25,29)/t13-,33?/m0/s1. The largest absolute Gasteiger partial charge is 0.369 e. The molecule has 0 fully saturated rings. The fraction of sp³-hybridized carbons (Fsp3) is 0.400. The zero-order valence-corrected chi connectivity index (χ0v) is 19.4. The summed E-state index contributed by atoms with van der Waals surface area (Å²) in [7, 11) is -3.62. The number of carbonyl (C=O) groups excluding carboxylic acids is 1. The van der Waals surface area contributed by atoms with Gasteiger partial charge >= 0.3 is 0 Å². The predicted molar refractivity (Wildman–Crippen MR) is 120 cm³/mol. The number of benzene rings is 1. The first-order chi connectivity index (χ1) is 15.6. The molecule has 0 saturated heterocycles. The van der Waals surface area contributed by atoms with Crippen LogP contribution < -0.4 is 16.4 Å². The number of anilines is 1. The maximum absolute atomic E-state index is 13.8. The number of Topliss-reactive ketones (excluding diaryl/α,β-unsaturated/α-hetero) is 1. The van der Waals surface area contributed by atoms with Gasteiger partial charge in [0.05, 0.1) is 25.6 Å². The molecule has 0 aliphatic heterocycles. The summed E-state index contributed by atoms with van der Waals surface area (Å²) in [5.74, 6) is -0.658. The molecule has 0 amide bonds. The van der Waals surface area contributed by atoms with Gasteiger partial charge in [0.2, 0.25) is 5.95 Å². The number of ether oxygens (including phenoxy) is 1. The Morgan fingerprint density at radius 1 is 1.42 bits per heavy atom. The highest BCUT2D eigenvalue weighted by molar-refractivity contribution is 7.56. The van der Waals surface area contributed by atoms with Gasteiger partial charge in [0.15, 0.2) is 11.2 Å². The Hall–Kier alpha value is -2.92. The van der Waals surface area contributed by atoms with Gasteiger partial charge in [-0.05, 0) is 38.0 Å². The average molecular weight is 480 g/mol. The van der Waals surface area contributed by atoms with Gasteiger partial charge in [-0.15, -0.1) is 0 Å². The van der Waals surface area contributed by atoms with Crippen molar-refractivity contribution < 1.29 is 23.0 Å². The molecule has 2 heterocycles. The van der Waals surface area contributed by atoms with Crippen molar-refractivity contribution in [2.24, 2.45) is 0 Å². The van der Waals surface area contributed by atoms with Crippen LogP contribution in [0.3, 0.4) is 0 Å². The molecule has 0 radical (unpaired) electrons. The lowest BCUT2D eigenvalue weighted by Gasteiger charge is -2.22. The highest BCUT2D eigenvalue weighted by atomic mass is 31.2. The van der Waals surface area contributed by atoms with E-state index in [2.05, 4.69) is 20.0 Å². The van der Waals surface area contributed by atoms with Gasteiger partial charge in [-0.25, -0.2) is 14.5 Å². The number of nitrogen functional groups attached to an aromatic ring is 1. The van der Waals surface area contributed by atoms with Crippen LogP contribution in [0.2, 0.25) is 0 Å². The molecule has 0 saturated carbocycles. The zero-order valence-electron chi connectivity index (χ0n) is 18.5. The number of nitrogens with one attached hydrogen (secondary N) is 2. The monoisotopic (exact) mass is 480 g/mol. The number of fused-ring (bicyclic) bond motifs is 1. The minimum absolute atomic E-state index is 0.0389. The lowest BCUT2D eigenvalue weighted by molar-refractivity contribution is -0.118. The SMILES string of the molecule is CC(=O)[C@H](C)NP(=O)(COCCn1cnc2c(=O)[nH]c(N)nc21)OCc1ccc(C)c(F)c1. The smallest absolute Gasteiger partial charge is 0.295 e. The van der Waals surface area contributed by atoms with E-state index in [4.69, 9.17) is 15.0 Å². The number of hydrogen-bond donors (Lipinski definition) is 3. The molecular formula is C20H26FN6O5P. The first-order valence-electron chi connectivity index (χ1n) is 10.1. The third kappa shape index (κ3) is 6.32. The van der Waals surface area contributed by atoms with Crippen LogP contribution in [0.1, 0.15) is 25.0 Å². The van der Waals surface area contributed by atoms with Crippen molar-refractivity contribution in [2.45, 2.75) is 40.0 Å². The van der Waals surface area contributed by atoms with Crippen molar-refractivity contribution in [2.75, 3.05) is 18.7 Å². The van der Waals surface area contributed by atoms with Crippen LogP contribution in [-0.4, -0.2) is 44.3 Å². The number of rotatable bonds is 11. The average Bonchev–Trinajstić information content (AvgIpc) is 3.15. The van der Waals surface area contributed by atoms with E-state index in [9.17, 15) is 18.5 Å². The van der Waals surface area contributed by atoms with Gasteiger partial charge in [-0.1, -0.05) is 12.1 Å². The lowest BCUT2D eigenvalue weighted by atomic mass is 10.1. The van der Waals surface area contributed by atoms with Gasteiger partial charge in [0.1, 0.15) is 17.9 Å². The number of ketones is 1. The molecule has 13 heteroatoms. The van der Waals surface area contributed by atoms with Crippen molar-refractivity contribution in [1.29, 1.82) is 0 Å². The molecule has 1 aromatic carbocycles. The normalized spacial score (nSPS) is 14.3. The molecular weight excluding hydrogens is 454 g/mol. The minimum atomic E-state index is -3.62. The summed E-state index contributed by atoms with van der Waals surface area (Å²) in [4.78, 5) is 34.0. The number of aromatic nitrogens is 4. The summed E-state index contributed by atoms with van der Waals surface area (Å²) in [5, 5.41) is 2.70. The molecule has 3 rings (SSSR count). The van der Waals surface area contributed by atoms with Gasteiger partial charge < -0.3 is 19.6 Å². The van der Waals surface area contributed by atoms with E-state index in [1.54, 1.807) is 30.5 Å². The van der Waals surface area contributed by atoms with Crippen molar-refractivity contribution in [3.63, 3.8) is 0 Å². The van der Waals surface area contributed by atoms with Crippen molar-refractivity contribution in [3.8, 4) is 0 Å². The first-order valence-corrected chi connectivity index (χ1v) is 11.9. The second-order valence-corrected chi connectivity index (χ2v) is 9.71. The fourth-order valence-corrected chi connectivity index (χ4v) is 4.61. The van der Waals surface area contributed by atoms with Gasteiger partial charge in [0.25, 0.3) is 13.1 Å². The van der Waals surface area contributed by atoms with Crippen molar-refractivity contribution >= 4 is 30.4 Å². The summed E-state index contributed by atoms with van der Waals surface area (Å²) in [6, 6.07) is 3.84. The molecule has 4 N–H and O–H groups in total. The molecule has 1 unspecified atom stereocenters. The second kappa shape index (κ2) is 10.3. The molecule has 33 heavy (non-hydrogen) atoms. The number of aromatic amines is 1. The first kappa shape index (κ1) is 24.7. The van der Waals surface area contributed by atoms with E-state index in [0.29, 0.717) is 16.8 Å². The molecule has 11 nitrogen and oxygen atoms in total. The summed E-state index contributed by atoms with van der Waals surface area (Å²) >= 11 is 0. The third-order valence-corrected chi connectivity index (χ3v) is 6.76. The number of hydrogen-bond acceptors (Lipinski definition) is 8. The van der Waals surface area contributed by atoms with Crippen LogP contribution in [0.25, 0.3) is 11.2 Å². The third-order valence-electron chi connectivity index (χ3n) is 4.91. The van der Waals surface area contributed by atoms with Crippen LogP contribution in [0, 0.1) is 12.7 Å². The van der Waals surface area contributed by atoms with E-state index < -0.39 is 24.9 Å². The van der Waals surface area contributed by atoms with E-state index in [-0.39, 0.29) is 43.4 Å². The van der Waals surface area contributed by atoms with Gasteiger partial charge in [0, 0.05) is 6.54 Å². The Kier molecular flexibility index (Phi) is 7.75. The number of aryl methyl sites for hydroxylation is 1. The van der Waals surface area contributed by atoms with E-state index in [1.165, 1.54) is 19.3 Å². The van der Waals surface area contributed by atoms with Crippen LogP contribution in [0.15, 0.2) is 29.3 Å². The van der Waals surface area contributed by atoms with Crippen LogP contribution in [-0.2, 0) is 31.8 Å². The number of carbonyl (C=O) groups is 1. The molecule has 0 aliphatic rings. The number of nitrogens with two attached hydrogens (primary N) is 1. The quantitative estimate of drug-likeness (QED) is 0.276. The molecule has 2 aromatic heterocycles. The zero-order chi connectivity index (χ0) is 24.2. The summed E-state index contributed by atoms with van der Waals surface area (Å²) < 4.78 is 39.8. The molecule has 0 bridgehead atoms. The molecule has 178 valence electrons. The Balaban J connectivity index is 1.64. The van der Waals surface area contributed by atoms with E-state index >= 15 is 0 Å². The van der Waals surface area contributed by atoms with Crippen LogP contribution in [0.4, 0.5) is 10.3 Å². The molecule has 0 spiro atoms. The predicted octanol–water partition coefficient (Wildman–Crippen LogP) is 2.10. The number of halogens is 1. The Morgan fingerprint density at radius 2 is 2.18 bits per heavy atom. The highest BCUT2D eigenvalue weighted by Gasteiger charge is 2.28. The highest BCUT2D eigenvalue weighted by Crippen LogP contribution is 2.44. The number of nitrogens with zero attached hydrogens (tertiary/aromatic N) is 3. The van der Waals surface area contributed by atoms with Gasteiger partial charge in [-0.2, -0.15) is 4.98 Å². The molecule has 3 aromatic rings. The maximum atomic E-state index is 13.8. The lowest BCUT2D eigenvalue weighted by Crippen LogP contribution is -2.32. The summed E-state index contributed by atoms with van der Waals surface area (Å²) in [6.45, 7) is 4.77. The molecule has 2 atom stereocenters. The topological polar surface area (TPSA) is 154 Å². The van der Waals surface area contributed by atoms with Crippen LogP contribution >= 0.6 is 7.52 Å². The van der Waals surface area contributed by atoms with Crippen molar-refractivity contribution in [3.05, 3.63) is 51.8 Å². The number of imidazole rings is 1. The Morgan fingerprint density at radius 3 is 2.88 bits per heavy atom.